The molecule has 12 heteroatoms. The quantitative estimate of drug-likeness (QED) is 0.205. The van der Waals surface area contributed by atoms with Gasteiger partial charge in [0, 0.05) is 37.8 Å². The molecule has 1 aromatic heterocycles. The minimum Gasteiger partial charge on any atom is -0.444 e. The molecule has 2 heterocycles. The van der Waals surface area contributed by atoms with Crippen LogP contribution >= 0.6 is 0 Å². The first kappa shape index (κ1) is 36.9. The van der Waals surface area contributed by atoms with Crippen molar-refractivity contribution in [3.8, 4) is 0 Å². The van der Waals surface area contributed by atoms with Crippen LogP contribution in [-0.2, 0) is 32.0 Å². The number of aliphatic hydroxyl groups is 1. The van der Waals surface area contributed by atoms with Crippen molar-refractivity contribution >= 4 is 23.8 Å². The highest BCUT2D eigenvalue weighted by molar-refractivity contribution is 5.92. The Kier molecular flexibility index (Phi) is 13.0. The topological polar surface area (TPSA) is 166 Å². The second-order valence-electron chi connectivity index (χ2n) is 14.4. The minimum atomic E-state index is -1.08. The van der Waals surface area contributed by atoms with Crippen molar-refractivity contribution < 1.29 is 29.0 Å². The number of hydrogen-bond donors (Lipinski definition) is 5. The number of imidazole rings is 1. The molecule has 264 valence electrons. The lowest BCUT2D eigenvalue weighted by atomic mass is 9.81. The molecule has 0 bridgehead atoms. The molecule has 0 spiro atoms. The average Bonchev–Trinajstić information content (AvgIpc) is 3.67. The molecule has 2 aliphatic rings. The van der Waals surface area contributed by atoms with Crippen molar-refractivity contribution in [1.29, 1.82) is 0 Å². The maximum atomic E-state index is 14.2. The van der Waals surface area contributed by atoms with E-state index in [1.165, 1.54) is 12.7 Å². The summed E-state index contributed by atoms with van der Waals surface area (Å²) < 4.78 is 5.44. The van der Waals surface area contributed by atoms with Gasteiger partial charge in [-0.2, -0.15) is 0 Å². The van der Waals surface area contributed by atoms with E-state index in [1.54, 1.807) is 38.9 Å². The molecule has 1 aromatic carbocycles. The van der Waals surface area contributed by atoms with Crippen LogP contribution in [0.25, 0.3) is 0 Å². The van der Waals surface area contributed by atoms with Crippen LogP contribution in [0.5, 0.6) is 0 Å². The van der Waals surface area contributed by atoms with Gasteiger partial charge in [0.2, 0.25) is 17.7 Å². The van der Waals surface area contributed by atoms with Crippen molar-refractivity contribution in [2.45, 2.75) is 128 Å². The lowest BCUT2D eigenvalue weighted by Crippen LogP contribution is -2.58. The maximum Gasteiger partial charge on any atom is 0.408 e. The number of H-pyrrole nitrogens is 1. The lowest BCUT2D eigenvalue weighted by molar-refractivity contribution is -0.136. The Morgan fingerprint density at radius 3 is 2.29 bits per heavy atom. The lowest BCUT2D eigenvalue weighted by Gasteiger charge is -2.33. The van der Waals surface area contributed by atoms with Crippen molar-refractivity contribution in [2.24, 2.45) is 11.8 Å². The van der Waals surface area contributed by atoms with Crippen LogP contribution in [-0.4, -0.2) is 86.7 Å². The summed E-state index contributed by atoms with van der Waals surface area (Å²) in [7, 11) is 1.77. The Balaban J connectivity index is 1.57. The van der Waals surface area contributed by atoms with Crippen LogP contribution in [0, 0.1) is 11.8 Å². The maximum absolute atomic E-state index is 14.2. The van der Waals surface area contributed by atoms with Gasteiger partial charge in [-0.25, -0.2) is 9.78 Å². The molecular weight excluding hydrogens is 612 g/mol. The predicted octanol–water partition coefficient (Wildman–Crippen LogP) is 3.65. The Morgan fingerprint density at radius 1 is 1.02 bits per heavy atom. The number of hydrogen-bond acceptors (Lipinski definition) is 7. The van der Waals surface area contributed by atoms with Gasteiger partial charge in [-0.1, -0.05) is 69.4 Å². The van der Waals surface area contributed by atoms with Crippen molar-refractivity contribution in [1.82, 2.24) is 30.8 Å². The Bertz CT molecular complexity index is 1340. The molecule has 12 nitrogen and oxygen atoms in total. The largest absolute Gasteiger partial charge is 0.444 e. The van der Waals surface area contributed by atoms with Gasteiger partial charge in [0.05, 0.1) is 24.4 Å². The van der Waals surface area contributed by atoms with E-state index in [2.05, 4.69) is 25.9 Å². The standard InChI is InChI=1S/C36H54N6O6/c1-6-26-20-27(34(46)42(26)5)31(43)28(17-23-13-9-7-10-14-23)39-33(45)30(19-25-21-37-22-38-25)40-32(44)29(18-24-15-11-8-12-16-24)41-35(47)48-36(2,3)4/h8,11-12,15-16,21-23,26-31,43H,6-7,9-10,13-14,17-20H2,1-5H3,(H,37,38)(H,39,45)(H,40,44)(H,41,47)/t26-,27+,28-,29+,30+,31+/m1/s1. The number of likely N-dealkylation sites (tertiary alicyclic amines) is 1. The summed E-state index contributed by atoms with van der Waals surface area (Å²) in [5.74, 6) is -1.48. The number of nitrogens with zero attached hydrogens (tertiary/aromatic N) is 2. The van der Waals surface area contributed by atoms with Crippen LogP contribution in [0.4, 0.5) is 4.79 Å². The molecule has 5 N–H and O–H groups in total. The normalized spacial score (nSPS) is 21.2. The molecule has 4 amide bonds. The number of rotatable bonds is 14. The third-order valence-corrected chi connectivity index (χ3v) is 9.58. The van der Waals surface area contributed by atoms with Crippen molar-refractivity contribution in [3.63, 3.8) is 0 Å². The van der Waals surface area contributed by atoms with E-state index < -0.39 is 53.7 Å². The number of nitrogens with one attached hydrogen (secondary N) is 4. The zero-order chi connectivity index (χ0) is 34.8. The second-order valence-corrected chi connectivity index (χ2v) is 14.4. The fourth-order valence-electron chi connectivity index (χ4n) is 6.96. The molecule has 1 saturated carbocycles. The zero-order valence-corrected chi connectivity index (χ0v) is 29.0. The van der Waals surface area contributed by atoms with E-state index >= 15 is 0 Å². The molecule has 48 heavy (non-hydrogen) atoms. The van der Waals surface area contributed by atoms with E-state index in [0.29, 0.717) is 24.5 Å². The highest BCUT2D eigenvalue weighted by Crippen LogP contribution is 2.33. The van der Waals surface area contributed by atoms with Gasteiger partial charge in [0.25, 0.3) is 0 Å². The van der Waals surface area contributed by atoms with Gasteiger partial charge >= 0.3 is 6.09 Å². The van der Waals surface area contributed by atoms with Crippen LogP contribution in [0.3, 0.4) is 0 Å². The van der Waals surface area contributed by atoms with Crippen LogP contribution in [0.1, 0.15) is 90.3 Å². The summed E-state index contributed by atoms with van der Waals surface area (Å²) in [5.41, 5.74) is 0.662. The number of carbonyl (C=O) groups excluding carboxylic acids is 4. The summed E-state index contributed by atoms with van der Waals surface area (Å²) >= 11 is 0. The van der Waals surface area contributed by atoms with Gasteiger partial charge < -0.3 is 35.7 Å². The van der Waals surface area contributed by atoms with E-state index in [4.69, 9.17) is 4.74 Å². The summed E-state index contributed by atoms with van der Waals surface area (Å²) in [4.78, 5) is 62.9. The minimum absolute atomic E-state index is 0.0367. The van der Waals surface area contributed by atoms with E-state index in [-0.39, 0.29) is 24.8 Å². The Morgan fingerprint density at radius 2 is 1.69 bits per heavy atom. The number of aliphatic hydroxyl groups excluding tert-OH is 1. The third-order valence-electron chi connectivity index (χ3n) is 9.58. The second kappa shape index (κ2) is 16.9. The fourth-order valence-corrected chi connectivity index (χ4v) is 6.96. The predicted molar refractivity (Wildman–Crippen MR) is 182 cm³/mol. The molecular formula is C36H54N6O6. The summed E-state index contributed by atoms with van der Waals surface area (Å²) in [6, 6.07) is 6.52. The molecule has 1 saturated heterocycles. The third kappa shape index (κ3) is 10.5. The van der Waals surface area contributed by atoms with Crippen LogP contribution < -0.4 is 16.0 Å². The number of aromatic nitrogens is 2. The number of ether oxygens (including phenoxy) is 1. The summed E-state index contributed by atoms with van der Waals surface area (Å²) in [6.07, 6.45) is 8.72. The Labute approximate surface area is 284 Å². The molecule has 6 atom stereocenters. The summed E-state index contributed by atoms with van der Waals surface area (Å²) in [5, 5.41) is 20.3. The smallest absolute Gasteiger partial charge is 0.408 e. The number of aromatic amines is 1. The number of amides is 4. The number of alkyl carbamates (subject to hydrolysis) is 1. The molecule has 4 rings (SSSR count). The van der Waals surface area contributed by atoms with Crippen molar-refractivity contribution in [2.75, 3.05) is 7.05 Å². The van der Waals surface area contributed by atoms with Gasteiger partial charge in [0.15, 0.2) is 0 Å². The highest BCUT2D eigenvalue weighted by Gasteiger charge is 2.44. The van der Waals surface area contributed by atoms with Gasteiger partial charge in [-0.05, 0) is 51.5 Å². The highest BCUT2D eigenvalue weighted by atomic mass is 16.6. The van der Waals surface area contributed by atoms with E-state index in [1.807, 2.05) is 37.3 Å². The first-order valence-corrected chi connectivity index (χ1v) is 17.4. The van der Waals surface area contributed by atoms with Crippen molar-refractivity contribution in [3.05, 3.63) is 54.1 Å². The number of benzene rings is 1. The van der Waals surface area contributed by atoms with E-state index in [0.717, 1.165) is 37.7 Å². The SMILES string of the molecule is CC[C@@H]1C[C@@H]([C@H](O)[C@@H](CC2CCCCC2)NC(=O)[C@H](Cc2cnc[nH]2)NC(=O)[C@H](Cc2ccccc2)NC(=O)OC(C)(C)C)C(=O)N1C. The monoisotopic (exact) mass is 666 g/mol. The van der Waals surface area contributed by atoms with Crippen LogP contribution in [0.2, 0.25) is 0 Å². The average molecular weight is 667 g/mol. The Hall–Kier alpha value is -3.93. The molecule has 1 aliphatic carbocycles. The molecule has 2 aromatic rings. The first-order chi connectivity index (χ1) is 22.8. The molecule has 0 unspecified atom stereocenters. The van der Waals surface area contributed by atoms with Gasteiger partial charge in [-0.15, -0.1) is 0 Å². The first-order valence-electron chi connectivity index (χ1n) is 17.4. The van der Waals surface area contributed by atoms with E-state index in [9.17, 15) is 24.3 Å². The molecule has 0 radical (unpaired) electrons. The molecule has 2 fully saturated rings. The zero-order valence-electron chi connectivity index (χ0n) is 29.0. The van der Waals surface area contributed by atoms with Crippen LogP contribution in [0.15, 0.2) is 42.9 Å². The summed E-state index contributed by atoms with van der Waals surface area (Å²) in [6.45, 7) is 7.24. The fraction of sp³-hybridized carbons (Fsp3) is 0.639. The molecule has 1 aliphatic heterocycles. The number of carbonyl (C=O) groups is 4. The van der Waals surface area contributed by atoms with Gasteiger partial charge in [0.1, 0.15) is 17.7 Å². The van der Waals surface area contributed by atoms with Gasteiger partial charge in [-0.3, -0.25) is 14.4 Å².